The fourth-order valence-corrected chi connectivity index (χ4v) is 2.20. The first-order chi connectivity index (χ1) is 11.1. The fourth-order valence-electron chi connectivity index (χ4n) is 2.20. The van der Waals surface area contributed by atoms with E-state index < -0.39 is 18.0 Å². The van der Waals surface area contributed by atoms with Gasteiger partial charge in [-0.25, -0.2) is 4.79 Å². The van der Waals surface area contributed by atoms with Crippen molar-refractivity contribution in [3.63, 3.8) is 0 Å². The lowest BCUT2D eigenvalue weighted by Crippen LogP contribution is -2.33. The maximum atomic E-state index is 12.0. The number of benzene rings is 1. The van der Waals surface area contributed by atoms with Crippen molar-refractivity contribution in [3.05, 3.63) is 54.6 Å². The lowest BCUT2D eigenvalue weighted by Gasteiger charge is -2.23. The molecule has 2 atom stereocenters. The smallest absolute Gasteiger partial charge is 0.331 e. The Balaban J connectivity index is 2.72. The van der Waals surface area contributed by atoms with E-state index in [1.54, 1.807) is 19.1 Å². The number of carbonyl (C=O) groups excluding carboxylic acids is 2. The average Bonchev–Trinajstić information content (AvgIpc) is 2.57. The Labute approximate surface area is 137 Å². The molecule has 0 aromatic heterocycles. The number of ether oxygens (including phenoxy) is 2. The van der Waals surface area contributed by atoms with E-state index in [1.165, 1.54) is 6.08 Å². The third-order valence-corrected chi connectivity index (χ3v) is 3.34. The van der Waals surface area contributed by atoms with Crippen LogP contribution in [0.2, 0.25) is 0 Å². The highest BCUT2D eigenvalue weighted by molar-refractivity contribution is 5.87. The van der Waals surface area contributed by atoms with Gasteiger partial charge in [0, 0.05) is 6.08 Å². The number of hydrogen-bond acceptors (Lipinski definition) is 4. The van der Waals surface area contributed by atoms with Gasteiger partial charge in [-0.1, -0.05) is 43.3 Å². The molecule has 124 valence electrons. The van der Waals surface area contributed by atoms with E-state index in [9.17, 15) is 9.59 Å². The van der Waals surface area contributed by atoms with Gasteiger partial charge in [-0.3, -0.25) is 4.79 Å². The summed E-state index contributed by atoms with van der Waals surface area (Å²) in [6, 6.07) is 9.46. The third-order valence-electron chi connectivity index (χ3n) is 3.34. The molecule has 0 aliphatic heterocycles. The SMILES string of the molecule is C=CCC(C(=O)OCC)C(CC)OC(=O)C=Cc1ccccc1. The molecule has 0 bridgehead atoms. The molecule has 0 saturated carbocycles. The minimum atomic E-state index is -0.528. The average molecular weight is 316 g/mol. The van der Waals surface area contributed by atoms with Crippen molar-refractivity contribution in [1.82, 2.24) is 0 Å². The highest BCUT2D eigenvalue weighted by atomic mass is 16.6. The Bertz CT molecular complexity index is 534. The van der Waals surface area contributed by atoms with Gasteiger partial charge in [0.1, 0.15) is 6.10 Å². The number of allylic oxidation sites excluding steroid dienone is 1. The first kappa shape index (κ1) is 18.7. The Morgan fingerprint density at radius 1 is 1.22 bits per heavy atom. The van der Waals surface area contributed by atoms with Crippen LogP contribution in [0.5, 0.6) is 0 Å². The van der Waals surface area contributed by atoms with Gasteiger partial charge >= 0.3 is 11.9 Å². The van der Waals surface area contributed by atoms with Crippen molar-refractivity contribution >= 4 is 18.0 Å². The summed E-state index contributed by atoms with van der Waals surface area (Å²) in [4.78, 5) is 24.0. The van der Waals surface area contributed by atoms with Gasteiger partial charge in [0.2, 0.25) is 0 Å². The van der Waals surface area contributed by atoms with Crippen molar-refractivity contribution < 1.29 is 19.1 Å². The number of carbonyl (C=O) groups is 2. The van der Waals surface area contributed by atoms with Crippen LogP contribution in [0.25, 0.3) is 6.08 Å². The zero-order chi connectivity index (χ0) is 17.1. The lowest BCUT2D eigenvalue weighted by molar-refractivity contribution is -0.159. The fraction of sp³-hybridized carbons (Fsp3) is 0.368. The van der Waals surface area contributed by atoms with Crippen molar-refractivity contribution in [2.75, 3.05) is 6.61 Å². The van der Waals surface area contributed by atoms with Crippen molar-refractivity contribution in [1.29, 1.82) is 0 Å². The Hall–Kier alpha value is -2.36. The molecule has 4 nitrogen and oxygen atoms in total. The number of rotatable bonds is 9. The maximum absolute atomic E-state index is 12.0. The minimum Gasteiger partial charge on any atom is -0.466 e. The van der Waals surface area contributed by atoms with Crippen molar-refractivity contribution in [2.24, 2.45) is 5.92 Å². The Morgan fingerprint density at radius 3 is 2.48 bits per heavy atom. The predicted molar refractivity (Wildman–Crippen MR) is 90.6 cm³/mol. The molecule has 0 radical (unpaired) electrons. The highest BCUT2D eigenvalue weighted by Gasteiger charge is 2.29. The topological polar surface area (TPSA) is 52.6 Å². The molecule has 2 unspecified atom stereocenters. The van der Waals surface area contributed by atoms with Gasteiger partial charge in [-0.05, 0) is 31.4 Å². The quantitative estimate of drug-likeness (QED) is 0.395. The van der Waals surface area contributed by atoms with Gasteiger partial charge in [0.05, 0.1) is 12.5 Å². The minimum absolute atomic E-state index is 0.296. The zero-order valence-electron chi connectivity index (χ0n) is 13.7. The molecule has 0 amide bonds. The van der Waals surface area contributed by atoms with Gasteiger partial charge in [-0.2, -0.15) is 0 Å². The van der Waals surface area contributed by atoms with E-state index in [0.717, 1.165) is 5.56 Å². The van der Waals surface area contributed by atoms with Crippen LogP contribution in [0.3, 0.4) is 0 Å². The number of esters is 2. The van der Waals surface area contributed by atoms with Crippen LogP contribution in [0.15, 0.2) is 49.1 Å². The first-order valence-electron chi connectivity index (χ1n) is 7.83. The van der Waals surface area contributed by atoms with Crippen LogP contribution in [0, 0.1) is 5.92 Å². The van der Waals surface area contributed by atoms with Gasteiger partial charge in [-0.15, -0.1) is 6.58 Å². The molecule has 0 saturated heterocycles. The van der Waals surface area contributed by atoms with E-state index in [2.05, 4.69) is 6.58 Å². The molecule has 0 aliphatic rings. The molecule has 1 rings (SSSR count). The molecule has 1 aromatic rings. The Kier molecular flexibility index (Phi) is 8.43. The highest BCUT2D eigenvalue weighted by Crippen LogP contribution is 2.19. The standard InChI is InChI=1S/C19H24O4/c1-4-10-16(19(21)22-6-3)17(5-2)23-18(20)14-13-15-11-8-7-9-12-15/h4,7-9,11-14,16-17H,1,5-6,10H2,2-3H3. The molecule has 0 fully saturated rings. The molecular weight excluding hydrogens is 292 g/mol. The lowest BCUT2D eigenvalue weighted by atomic mass is 9.96. The van der Waals surface area contributed by atoms with Gasteiger partial charge < -0.3 is 9.47 Å². The summed E-state index contributed by atoms with van der Waals surface area (Å²) in [5.74, 6) is -1.36. The van der Waals surface area contributed by atoms with E-state index >= 15 is 0 Å². The summed E-state index contributed by atoms with van der Waals surface area (Å²) in [5.41, 5.74) is 0.908. The maximum Gasteiger partial charge on any atom is 0.331 e. The molecule has 1 aromatic carbocycles. The second kappa shape index (κ2) is 10.4. The Morgan fingerprint density at radius 2 is 1.91 bits per heavy atom. The summed E-state index contributed by atoms with van der Waals surface area (Å²) in [6.07, 6.45) is 5.10. The molecule has 0 heterocycles. The number of hydrogen-bond donors (Lipinski definition) is 0. The summed E-state index contributed by atoms with van der Waals surface area (Å²) in [6.45, 7) is 7.57. The van der Waals surface area contributed by atoms with Crippen LogP contribution in [0.1, 0.15) is 32.3 Å². The molecule has 4 heteroatoms. The van der Waals surface area contributed by atoms with Crippen molar-refractivity contribution in [2.45, 2.75) is 32.8 Å². The summed E-state index contributed by atoms with van der Waals surface area (Å²) < 4.78 is 10.5. The molecule has 0 N–H and O–H groups in total. The van der Waals surface area contributed by atoms with Crippen LogP contribution in [0.4, 0.5) is 0 Å². The van der Waals surface area contributed by atoms with Crippen LogP contribution in [-0.2, 0) is 19.1 Å². The largest absolute Gasteiger partial charge is 0.466 e. The van der Waals surface area contributed by atoms with E-state index in [0.29, 0.717) is 19.4 Å². The zero-order valence-corrected chi connectivity index (χ0v) is 13.7. The summed E-state index contributed by atoms with van der Waals surface area (Å²) >= 11 is 0. The molecule has 23 heavy (non-hydrogen) atoms. The van der Waals surface area contributed by atoms with Crippen LogP contribution >= 0.6 is 0 Å². The van der Waals surface area contributed by atoms with Gasteiger partial charge in [0.25, 0.3) is 0 Å². The molecular formula is C19H24O4. The van der Waals surface area contributed by atoms with Gasteiger partial charge in [0.15, 0.2) is 0 Å². The monoisotopic (exact) mass is 316 g/mol. The molecule has 0 aliphatic carbocycles. The van der Waals surface area contributed by atoms with E-state index in [-0.39, 0.29) is 5.97 Å². The molecule has 0 spiro atoms. The first-order valence-corrected chi connectivity index (χ1v) is 7.83. The third kappa shape index (κ3) is 6.51. The summed E-state index contributed by atoms with van der Waals surface area (Å²) in [5, 5.41) is 0. The van der Waals surface area contributed by atoms with Crippen LogP contribution < -0.4 is 0 Å². The van der Waals surface area contributed by atoms with E-state index in [1.807, 2.05) is 37.3 Å². The second-order valence-electron chi connectivity index (χ2n) is 5.01. The predicted octanol–water partition coefficient (Wildman–Crippen LogP) is 3.78. The van der Waals surface area contributed by atoms with Crippen LogP contribution in [-0.4, -0.2) is 24.6 Å². The normalized spacial score (nSPS) is 13.3. The van der Waals surface area contributed by atoms with E-state index in [4.69, 9.17) is 9.47 Å². The summed E-state index contributed by atoms with van der Waals surface area (Å²) in [7, 11) is 0. The van der Waals surface area contributed by atoms with Crippen molar-refractivity contribution in [3.8, 4) is 0 Å². The second-order valence-corrected chi connectivity index (χ2v) is 5.01.